The van der Waals surface area contributed by atoms with E-state index in [1.54, 1.807) is 12.2 Å². The minimum Gasteiger partial charge on any atom is -0.350 e. The standard InChI is InChI=1S/C7H11NS2.ClH/c1-3-5-8(6-4-2)7(9)10;/h3-4H,1-2,5-6H2,(H,9,10);1H. The lowest BCUT2D eigenvalue weighted by molar-refractivity contribution is 0.533. The van der Waals surface area contributed by atoms with E-state index in [1.165, 1.54) is 0 Å². The summed E-state index contributed by atoms with van der Waals surface area (Å²) in [6.07, 6.45) is 3.57. The monoisotopic (exact) mass is 209 g/mol. The fourth-order valence-corrected chi connectivity index (χ4v) is 0.855. The van der Waals surface area contributed by atoms with Crippen LogP contribution in [-0.2, 0) is 0 Å². The highest BCUT2D eigenvalue weighted by molar-refractivity contribution is 8.10. The third-order valence-electron chi connectivity index (χ3n) is 0.969. The van der Waals surface area contributed by atoms with Crippen LogP contribution in [0.3, 0.4) is 0 Å². The predicted molar refractivity (Wildman–Crippen MR) is 60.8 cm³/mol. The number of hydrogen-bond donors (Lipinski definition) is 1. The molecule has 0 amide bonds. The third-order valence-corrected chi connectivity index (χ3v) is 1.51. The fraction of sp³-hybridized carbons (Fsp3) is 0.286. The summed E-state index contributed by atoms with van der Waals surface area (Å²) in [6.45, 7) is 8.65. The highest BCUT2D eigenvalue weighted by Gasteiger charge is 1.98. The summed E-state index contributed by atoms with van der Waals surface area (Å²) in [5.41, 5.74) is 0. The maximum atomic E-state index is 4.84. The minimum absolute atomic E-state index is 0. The maximum absolute atomic E-state index is 4.84. The van der Waals surface area contributed by atoms with Gasteiger partial charge in [0.1, 0.15) is 4.32 Å². The first-order chi connectivity index (χ1) is 4.72. The lowest BCUT2D eigenvalue weighted by atomic mass is 10.5. The van der Waals surface area contributed by atoms with Crippen molar-refractivity contribution in [2.24, 2.45) is 0 Å². The predicted octanol–water partition coefficient (Wildman–Crippen LogP) is 2.30. The second kappa shape index (κ2) is 8.11. The zero-order valence-electron chi connectivity index (χ0n) is 6.19. The highest BCUT2D eigenvalue weighted by atomic mass is 35.5. The SMILES string of the molecule is C=CCN(CC=C)C(=S)S.Cl. The zero-order chi connectivity index (χ0) is 7.98. The summed E-state index contributed by atoms with van der Waals surface area (Å²) in [5, 5.41) is 0. The van der Waals surface area contributed by atoms with Gasteiger partial charge >= 0.3 is 0 Å². The van der Waals surface area contributed by atoms with Crippen LogP contribution in [0.5, 0.6) is 0 Å². The second-order valence-corrected chi connectivity index (χ2v) is 2.88. The first-order valence-corrected chi connectivity index (χ1v) is 3.77. The molecule has 11 heavy (non-hydrogen) atoms. The number of nitrogens with zero attached hydrogens (tertiary/aromatic N) is 1. The Labute approximate surface area is 85.0 Å². The van der Waals surface area contributed by atoms with Crippen molar-refractivity contribution in [1.29, 1.82) is 0 Å². The van der Waals surface area contributed by atoms with E-state index in [4.69, 9.17) is 12.2 Å². The van der Waals surface area contributed by atoms with E-state index in [9.17, 15) is 0 Å². The molecular formula is C7H12ClNS2. The molecule has 0 N–H and O–H groups in total. The molecule has 0 saturated carbocycles. The molecule has 64 valence electrons. The molecule has 0 fully saturated rings. The average Bonchev–Trinajstić information content (AvgIpc) is 1.87. The Morgan fingerprint density at radius 3 is 1.91 bits per heavy atom. The van der Waals surface area contributed by atoms with Gasteiger partial charge in [0.05, 0.1) is 0 Å². The average molecular weight is 210 g/mol. The van der Waals surface area contributed by atoms with Crippen LogP contribution in [-0.4, -0.2) is 22.3 Å². The van der Waals surface area contributed by atoms with Crippen molar-refractivity contribution in [3.8, 4) is 0 Å². The van der Waals surface area contributed by atoms with Crippen molar-refractivity contribution in [3.63, 3.8) is 0 Å². The Kier molecular flexibility index (Phi) is 10.0. The molecular weight excluding hydrogens is 198 g/mol. The highest BCUT2D eigenvalue weighted by Crippen LogP contribution is 1.95. The molecule has 4 heteroatoms. The van der Waals surface area contributed by atoms with E-state index in [0.717, 1.165) is 13.1 Å². The van der Waals surface area contributed by atoms with Crippen LogP contribution in [0.2, 0.25) is 0 Å². The van der Waals surface area contributed by atoms with E-state index in [-0.39, 0.29) is 12.4 Å². The van der Waals surface area contributed by atoms with Crippen LogP contribution in [0.25, 0.3) is 0 Å². The number of thiol groups is 1. The molecule has 0 rings (SSSR count). The van der Waals surface area contributed by atoms with Gasteiger partial charge < -0.3 is 4.90 Å². The molecule has 0 spiro atoms. The summed E-state index contributed by atoms with van der Waals surface area (Å²) in [5.74, 6) is 0. The van der Waals surface area contributed by atoms with Crippen molar-refractivity contribution in [2.75, 3.05) is 13.1 Å². The van der Waals surface area contributed by atoms with Crippen LogP contribution < -0.4 is 0 Å². The van der Waals surface area contributed by atoms with Crippen molar-refractivity contribution < 1.29 is 0 Å². The second-order valence-electron chi connectivity index (χ2n) is 1.76. The van der Waals surface area contributed by atoms with Gasteiger partial charge in [-0.3, -0.25) is 0 Å². The molecule has 0 radical (unpaired) electrons. The Balaban J connectivity index is 0. The van der Waals surface area contributed by atoms with Crippen LogP contribution in [0.1, 0.15) is 0 Å². The van der Waals surface area contributed by atoms with Crippen molar-refractivity contribution in [2.45, 2.75) is 0 Å². The van der Waals surface area contributed by atoms with Crippen molar-refractivity contribution in [3.05, 3.63) is 25.3 Å². The molecule has 1 nitrogen and oxygen atoms in total. The largest absolute Gasteiger partial charge is 0.350 e. The Morgan fingerprint density at radius 1 is 1.36 bits per heavy atom. The lowest BCUT2D eigenvalue weighted by Crippen LogP contribution is -2.25. The zero-order valence-corrected chi connectivity index (χ0v) is 8.72. The van der Waals surface area contributed by atoms with E-state index in [1.807, 2.05) is 4.90 Å². The summed E-state index contributed by atoms with van der Waals surface area (Å²) in [6, 6.07) is 0. The van der Waals surface area contributed by atoms with Crippen LogP contribution >= 0.6 is 37.3 Å². The van der Waals surface area contributed by atoms with E-state index >= 15 is 0 Å². The number of thiocarbonyl (C=S) groups is 1. The molecule has 0 aliphatic heterocycles. The summed E-state index contributed by atoms with van der Waals surface area (Å²) in [4.78, 5) is 1.89. The Bertz CT molecular complexity index is 137. The van der Waals surface area contributed by atoms with Gasteiger partial charge in [-0.2, -0.15) is 0 Å². The number of hydrogen-bond acceptors (Lipinski definition) is 1. The molecule has 0 aliphatic carbocycles. The third kappa shape index (κ3) is 6.41. The molecule has 0 aromatic heterocycles. The Hall–Kier alpha value is 0.01000. The minimum atomic E-state index is 0. The van der Waals surface area contributed by atoms with Crippen LogP contribution in [0.4, 0.5) is 0 Å². The summed E-state index contributed by atoms with van der Waals surface area (Å²) >= 11 is 8.87. The molecule has 0 aliphatic rings. The van der Waals surface area contributed by atoms with Crippen LogP contribution in [0.15, 0.2) is 25.3 Å². The van der Waals surface area contributed by atoms with Gasteiger partial charge in [-0.1, -0.05) is 24.4 Å². The van der Waals surface area contributed by atoms with E-state index in [2.05, 4.69) is 25.8 Å². The maximum Gasteiger partial charge on any atom is 0.133 e. The molecule has 0 unspecified atom stereocenters. The summed E-state index contributed by atoms with van der Waals surface area (Å²) in [7, 11) is 0. The first-order valence-electron chi connectivity index (χ1n) is 2.92. The van der Waals surface area contributed by atoms with Gasteiger partial charge in [0.25, 0.3) is 0 Å². The van der Waals surface area contributed by atoms with Crippen LogP contribution in [0, 0.1) is 0 Å². The molecule has 0 atom stereocenters. The van der Waals surface area contributed by atoms with Gasteiger partial charge in [-0.05, 0) is 0 Å². The number of halogens is 1. The molecule has 0 aromatic rings. The molecule has 0 bridgehead atoms. The summed E-state index contributed by atoms with van der Waals surface area (Å²) < 4.78 is 0.583. The number of rotatable bonds is 4. The van der Waals surface area contributed by atoms with Crippen molar-refractivity contribution >= 4 is 41.6 Å². The first kappa shape index (κ1) is 13.6. The van der Waals surface area contributed by atoms with E-state index in [0.29, 0.717) is 4.32 Å². The lowest BCUT2D eigenvalue weighted by Gasteiger charge is -2.17. The van der Waals surface area contributed by atoms with Gasteiger partial charge in [0.2, 0.25) is 0 Å². The molecule has 0 aromatic carbocycles. The quantitative estimate of drug-likeness (QED) is 0.430. The topological polar surface area (TPSA) is 3.24 Å². The van der Waals surface area contributed by atoms with Gasteiger partial charge in [-0.25, -0.2) is 0 Å². The Morgan fingerprint density at radius 2 is 1.73 bits per heavy atom. The normalized spacial score (nSPS) is 7.73. The van der Waals surface area contributed by atoms with Gasteiger partial charge in [-0.15, -0.1) is 38.2 Å². The molecule has 0 heterocycles. The van der Waals surface area contributed by atoms with Crippen molar-refractivity contribution in [1.82, 2.24) is 4.90 Å². The molecule has 0 saturated heterocycles. The van der Waals surface area contributed by atoms with Gasteiger partial charge in [0.15, 0.2) is 0 Å². The van der Waals surface area contributed by atoms with E-state index < -0.39 is 0 Å². The fourth-order valence-electron chi connectivity index (χ4n) is 0.542. The van der Waals surface area contributed by atoms with Gasteiger partial charge in [0, 0.05) is 13.1 Å². The smallest absolute Gasteiger partial charge is 0.133 e.